The van der Waals surface area contributed by atoms with E-state index < -0.39 is 0 Å². The Labute approximate surface area is 152 Å². The number of hydrogen-bond acceptors (Lipinski definition) is 2. The number of piperidine rings is 2. The molecule has 4 heteroatoms. The van der Waals surface area contributed by atoms with E-state index in [1.165, 1.54) is 32.2 Å². The number of hydrogen-bond donors (Lipinski definition) is 1. The molecule has 1 N–H and O–H groups in total. The monoisotopic (exact) mass is 343 g/mol. The fourth-order valence-corrected chi connectivity index (χ4v) is 4.36. The number of para-hydroxylation sites is 1. The van der Waals surface area contributed by atoms with Crippen molar-refractivity contribution in [1.29, 1.82) is 0 Å². The van der Waals surface area contributed by atoms with Crippen molar-refractivity contribution < 1.29 is 4.79 Å². The highest BCUT2D eigenvalue weighted by Gasteiger charge is 2.27. The summed E-state index contributed by atoms with van der Waals surface area (Å²) in [4.78, 5) is 17.4. The van der Waals surface area contributed by atoms with Gasteiger partial charge in [0.1, 0.15) is 0 Å². The van der Waals surface area contributed by atoms with Gasteiger partial charge in [0.05, 0.1) is 0 Å². The lowest BCUT2D eigenvalue weighted by molar-refractivity contribution is 0.104. The first kappa shape index (κ1) is 18.2. The molecule has 0 unspecified atom stereocenters. The third kappa shape index (κ3) is 4.55. The van der Waals surface area contributed by atoms with Gasteiger partial charge in [0.15, 0.2) is 0 Å². The maximum atomic E-state index is 12.8. The number of anilines is 1. The second-order valence-corrected chi connectivity index (χ2v) is 7.99. The van der Waals surface area contributed by atoms with E-state index in [0.29, 0.717) is 12.0 Å². The maximum Gasteiger partial charge on any atom is 0.321 e. The molecule has 2 fully saturated rings. The number of benzene rings is 1. The predicted molar refractivity (Wildman–Crippen MR) is 104 cm³/mol. The Morgan fingerprint density at radius 3 is 2.60 bits per heavy atom. The Kier molecular flexibility index (Phi) is 6.00. The maximum absolute atomic E-state index is 12.8. The molecule has 1 aromatic carbocycles. The van der Waals surface area contributed by atoms with Crippen LogP contribution in [0.25, 0.3) is 0 Å². The van der Waals surface area contributed by atoms with Crippen molar-refractivity contribution >= 4 is 11.7 Å². The van der Waals surface area contributed by atoms with E-state index in [-0.39, 0.29) is 6.03 Å². The molecule has 0 aromatic heterocycles. The van der Waals surface area contributed by atoms with Gasteiger partial charge in [-0.15, -0.1) is 0 Å². The number of nitrogens with zero attached hydrogens (tertiary/aromatic N) is 2. The summed E-state index contributed by atoms with van der Waals surface area (Å²) in [6, 6.07) is 6.91. The van der Waals surface area contributed by atoms with Gasteiger partial charge >= 0.3 is 6.03 Å². The van der Waals surface area contributed by atoms with Crippen LogP contribution in [0.2, 0.25) is 0 Å². The molecule has 0 bridgehead atoms. The highest BCUT2D eigenvalue weighted by Crippen LogP contribution is 2.24. The Hall–Kier alpha value is -1.55. The van der Waals surface area contributed by atoms with Crippen LogP contribution in [0.15, 0.2) is 18.2 Å². The van der Waals surface area contributed by atoms with Crippen LogP contribution >= 0.6 is 0 Å². The van der Waals surface area contributed by atoms with Gasteiger partial charge in [-0.05, 0) is 70.0 Å². The SMILES string of the molecule is Cc1cccc(C)c1NC(=O)N1CCC[C@@H](CN2CCCC[C@H]2C)C1. The average Bonchev–Trinajstić information content (AvgIpc) is 2.60. The van der Waals surface area contributed by atoms with Gasteiger partial charge in [0.25, 0.3) is 0 Å². The Morgan fingerprint density at radius 1 is 1.12 bits per heavy atom. The molecule has 138 valence electrons. The fourth-order valence-electron chi connectivity index (χ4n) is 4.36. The molecule has 2 aliphatic heterocycles. The first-order valence-electron chi connectivity index (χ1n) is 9.91. The quantitative estimate of drug-likeness (QED) is 0.882. The lowest BCUT2D eigenvalue weighted by Crippen LogP contribution is -2.47. The molecule has 0 saturated carbocycles. The zero-order valence-corrected chi connectivity index (χ0v) is 16.1. The third-order valence-electron chi connectivity index (χ3n) is 5.95. The molecule has 25 heavy (non-hydrogen) atoms. The van der Waals surface area contributed by atoms with Crippen molar-refractivity contribution in [2.75, 3.05) is 31.5 Å². The second kappa shape index (κ2) is 8.22. The number of carbonyl (C=O) groups is 1. The van der Waals surface area contributed by atoms with E-state index in [1.807, 2.05) is 11.0 Å². The lowest BCUT2D eigenvalue weighted by Gasteiger charge is -2.39. The van der Waals surface area contributed by atoms with E-state index >= 15 is 0 Å². The van der Waals surface area contributed by atoms with E-state index in [1.54, 1.807) is 0 Å². The Balaban J connectivity index is 1.58. The standard InChI is InChI=1S/C21H33N3O/c1-16-8-6-9-17(2)20(16)22-21(25)24-13-7-11-19(15-24)14-23-12-5-4-10-18(23)3/h6,8-9,18-19H,4-5,7,10-15H2,1-3H3,(H,22,25)/t18-,19+/m1/s1. The van der Waals surface area contributed by atoms with Gasteiger partial charge < -0.3 is 15.1 Å². The van der Waals surface area contributed by atoms with Crippen LogP contribution in [-0.2, 0) is 0 Å². The topological polar surface area (TPSA) is 35.6 Å². The number of likely N-dealkylation sites (tertiary alicyclic amines) is 2. The van der Waals surface area contributed by atoms with Gasteiger partial charge in [-0.3, -0.25) is 0 Å². The van der Waals surface area contributed by atoms with Crippen molar-refractivity contribution in [1.82, 2.24) is 9.80 Å². The van der Waals surface area contributed by atoms with Gasteiger partial charge in [-0.25, -0.2) is 4.79 Å². The molecular weight excluding hydrogens is 310 g/mol. The van der Waals surface area contributed by atoms with Crippen LogP contribution in [0.1, 0.15) is 50.2 Å². The Bertz CT molecular complexity index is 581. The zero-order chi connectivity index (χ0) is 17.8. The average molecular weight is 344 g/mol. The van der Waals surface area contributed by atoms with Crippen LogP contribution in [0.4, 0.5) is 10.5 Å². The number of carbonyl (C=O) groups excluding carboxylic acids is 1. The molecule has 2 aliphatic rings. The number of aryl methyl sites for hydroxylation is 2. The van der Waals surface area contributed by atoms with E-state index in [0.717, 1.165) is 42.9 Å². The van der Waals surface area contributed by atoms with Gasteiger partial charge in [0, 0.05) is 31.4 Å². The van der Waals surface area contributed by atoms with Crippen LogP contribution in [-0.4, -0.2) is 48.1 Å². The minimum atomic E-state index is 0.0637. The first-order chi connectivity index (χ1) is 12.0. The molecule has 3 rings (SSSR count). The van der Waals surface area contributed by atoms with Crippen LogP contribution < -0.4 is 5.32 Å². The van der Waals surface area contributed by atoms with Gasteiger partial charge in [0.2, 0.25) is 0 Å². The summed E-state index contributed by atoms with van der Waals surface area (Å²) < 4.78 is 0. The molecule has 0 aliphatic carbocycles. The predicted octanol–water partition coefficient (Wildman–Crippen LogP) is 4.42. The number of nitrogens with one attached hydrogen (secondary N) is 1. The van der Waals surface area contributed by atoms with E-state index in [2.05, 4.69) is 43.1 Å². The molecular formula is C21H33N3O. The first-order valence-corrected chi connectivity index (χ1v) is 9.91. The summed E-state index contributed by atoms with van der Waals surface area (Å²) >= 11 is 0. The normalized spacial score (nSPS) is 25.0. The van der Waals surface area contributed by atoms with Crippen molar-refractivity contribution in [3.05, 3.63) is 29.3 Å². The van der Waals surface area contributed by atoms with Crippen LogP contribution in [0.3, 0.4) is 0 Å². The third-order valence-corrected chi connectivity index (χ3v) is 5.95. The highest BCUT2D eigenvalue weighted by molar-refractivity contribution is 5.91. The van der Waals surface area contributed by atoms with Gasteiger partial charge in [-0.2, -0.15) is 0 Å². The highest BCUT2D eigenvalue weighted by atomic mass is 16.2. The molecule has 0 radical (unpaired) electrons. The number of amides is 2. The van der Waals surface area contributed by atoms with Crippen molar-refractivity contribution in [2.45, 2.75) is 58.9 Å². The molecule has 2 heterocycles. The fraction of sp³-hybridized carbons (Fsp3) is 0.667. The summed E-state index contributed by atoms with van der Waals surface area (Å²) in [6.45, 7) is 10.6. The summed E-state index contributed by atoms with van der Waals surface area (Å²) in [5.41, 5.74) is 3.23. The van der Waals surface area contributed by atoms with Crippen LogP contribution in [0.5, 0.6) is 0 Å². The smallest absolute Gasteiger partial charge is 0.321 e. The molecule has 2 atom stereocenters. The molecule has 0 spiro atoms. The minimum Gasteiger partial charge on any atom is -0.324 e. The van der Waals surface area contributed by atoms with E-state index in [4.69, 9.17) is 0 Å². The zero-order valence-electron chi connectivity index (χ0n) is 16.1. The summed E-state index contributed by atoms with van der Waals surface area (Å²) in [7, 11) is 0. The summed E-state index contributed by atoms with van der Waals surface area (Å²) in [5.74, 6) is 0.609. The van der Waals surface area contributed by atoms with E-state index in [9.17, 15) is 4.79 Å². The van der Waals surface area contributed by atoms with Crippen molar-refractivity contribution in [3.63, 3.8) is 0 Å². The van der Waals surface area contributed by atoms with Gasteiger partial charge in [-0.1, -0.05) is 24.6 Å². The Morgan fingerprint density at radius 2 is 1.88 bits per heavy atom. The van der Waals surface area contributed by atoms with Crippen LogP contribution in [0, 0.1) is 19.8 Å². The van der Waals surface area contributed by atoms with Crippen molar-refractivity contribution in [2.24, 2.45) is 5.92 Å². The molecule has 2 amide bonds. The number of urea groups is 1. The lowest BCUT2D eigenvalue weighted by atomic mass is 9.95. The number of rotatable bonds is 3. The molecule has 1 aromatic rings. The van der Waals surface area contributed by atoms with Crippen molar-refractivity contribution in [3.8, 4) is 0 Å². The molecule has 2 saturated heterocycles. The molecule has 4 nitrogen and oxygen atoms in total. The summed E-state index contributed by atoms with van der Waals surface area (Å²) in [5, 5.41) is 3.15. The largest absolute Gasteiger partial charge is 0.324 e. The summed E-state index contributed by atoms with van der Waals surface area (Å²) in [6.07, 6.45) is 6.38. The minimum absolute atomic E-state index is 0.0637. The second-order valence-electron chi connectivity index (χ2n) is 7.99.